The van der Waals surface area contributed by atoms with E-state index in [1.165, 1.54) is 26.6 Å². The van der Waals surface area contributed by atoms with Crippen LogP contribution in [0.1, 0.15) is 27.4 Å². The third kappa shape index (κ3) is 2.79. The standard InChI is InChI=1S/C15H20N2S/c1-10-6-7-13(9-11(10)2)15-12(3)18-14(17-15)5-4-8-16/h6-7,9H,4-5,8,16H2,1-3H3. The molecule has 0 atom stereocenters. The molecule has 0 aliphatic carbocycles. The van der Waals surface area contributed by atoms with Crippen molar-refractivity contribution in [2.45, 2.75) is 33.6 Å². The molecule has 96 valence electrons. The molecule has 1 aromatic carbocycles. The lowest BCUT2D eigenvalue weighted by molar-refractivity contribution is 0.826. The van der Waals surface area contributed by atoms with Crippen LogP contribution in [0.15, 0.2) is 18.2 Å². The van der Waals surface area contributed by atoms with Crippen molar-refractivity contribution in [3.05, 3.63) is 39.2 Å². The molecule has 2 rings (SSSR count). The van der Waals surface area contributed by atoms with Crippen molar-refractivity contribution in [3.63, 3.8) is 0 Å². The van der Waals surface area contributed by atoms with Gasteiger partial charge in [0.2, 0.25) is 0 Å². The second-order valence-corrected chi connectivity index (χ2v) is 5.99. The summed E-state index contributed by atoms with van der Waals surface area (Å²) < 4.78 is 0. The van der Waals surface area contributed by atoms with E-state index in [0.29, 0.717) is 0 Å². The first kappa shape index (κ1) is 13.2. The number of hydrogen-bond acceptors (Lipinski definition) is 3. The fraction of sp³-hybridized carbons (Fsp3) is 0.400. The molecule has 0 radical (unpaired) electrons. The molecule has 2 nitrogen and oxygen atoms in total. The molecular weight excluding hydrogens is 240 g/mol. The van der Waals surface area contributed by atoms with Crippen molar-refractivity contribution in [1.82, 2.24) is 4.98 Å². The minimum atomic E-state index is 0.734. The van der Waals surface area contributed by atoms with Gasteiger partial charge in [-0.25, -0.2) is 4.98 Å². The van der Waals surface area contributed by atoms with E-state index in [1.54, 1.807) is 11.3 Å². The maximum atomic E-state index is 5.55. The molecule has 0 saturated heterocycles. The van der Waals surface area contributed by atoms with Gasteiger partial charge in [-0.05, 0) is 50.9 Å². The summed E-state index contributed by atoms with van der Waals surface area (Å²) in [7, 11) is 0. The largest absolute Gasteiger partial charge is 0.330 e. The highest BCUT2D eigenvalue weighted by atomic mass is 32.1. The van der Waals surface area contributed by atoms with E-state index in [1.807, 2.05) is 0 Å². The highest BCUT2D eigenvalue weighted by Gasteiger charge is 2.10. The molecule has 0 aliphatic heterocycles. The minimum Gasteiger partial charge on any atom is -0.330 e. The van der Waals surface area contributed by atoms with E-state index in [-0.39, 0.29) is 0 Å². The third-order valence-corrected chi connectivity index (χ3v) is 4.25. The molecule has 1 aromatic heterocycles. The molecule has 18 heavy (non-hydrogen) atoms. The summed E-state index contributed by atoms with van der Waals surface area (Å²) in [6.45, 7) is 7.17. The van der Waals surface area contributed by atoms with Crippen molar-refractivity contribution >= 4 is 11.3 Å². The Morgan fingerprint density at radius 1 is 1.17 bits per heavy atom. The van der Waals surface area contributed by atoms with Crippen LogP contribution in [0.3, 0.4) is 0 Å². The zero-order chi connectivity index (χ0) is 13.1. The zero-order valence-electron chi connectivity index (χ0n) is 11.3. The summed E-state index contributed by atoms with van der Waals surface area (Å²) in [5.41, 5.74) is 10.6. The first-order valence-electron chi connectivity index (χ1n) is 6.36. The van der Waals surface area contributed by atoms with Gasteiger partial charge in [0.25, 0.3) is 0 Å². The molecule has 0 bridgehead atoms. The van der Waals surface area contributed by atoms with Crippen LogP contribution < -0.4 is 5.73 Å². The summed E-state index contributed by atoms with van der Waals surface area (Å²) in [6.07, 6.45) is 2.01. The van der Waals surface area contributed by atoms with Crippen molar-refractivity contribution in [1.29, 1.82) is 0 Å². The maximum Gasteiger partial charge on any atom is 0.0935 e. The summed E-state index contributed by atoms with van der Waals surface area (Å²) in [6, 6.07) is 6.56. The smallest absolute Gasteiger partial charge is 0.0935 e. The van der Waals surface area contributed by atoms with E-state index in [4.69, 9.17) is 10.7 Å². The van der Waals surface area contributed by atoms with E-state index < -0.39 is 0 Å². The summed E-state index contributed by atoms with van der Waals surface area (Å²) in [4.78, 5) is 6.05. The Bertz CT molecular complexity index is 543. The normalized spacial score (nSPS) is 10.9. The lowest BCUT2D eigenvalue weighted by Crippen LogP contribution is -1.99. The molecule has 0 fully saturated rings. The molecule has 2 aromatic rings. The summed E-state index contributed by atoms with van der Waals surface area (Å²) in [5, 5.41) is 1.20. The van der Waals surface area contributed by atoms with Crippen molar-refractivity contribution in [3.8, 4) is 11.3 Å². The van der Waals surface area contributed by atoms with Gasteiger partial charge >= 0.3 is 0 Å². The summed E-state index contributed by atoms with van der Waals surface area (Å²) >= 11 is 1.79. The fourth-order valence-corrected chi connectivity index (χ4v) is 2.96. The van der Waals surface area contributed by atoms with Crippen LogP contribution in [0, 0.1) is 20.8 Å². The number of benzene rings is 1. The van der Waals surface area contributed by atoms with E-state index in [9.17, 15) is 0 Å². The van der Waals surface area contributed by atoms with Gasteiger partial charge in [-0.1, -0.05) is 12.1 Å². The Kier molecular flexibility index (Phi) is 4.15. The van der Waals surface area contributed by atoms with Crippen LogP contribution in [-0.2, 0) is 6.42 Å². The van der Waals surface area contributed by atoms with Gasteiger partial charge in [-0.2, -0.15) is 0 Å². The molecule has 3 heteroatoms. The highest BCUT2D eigenvalue weighted by molar-refractivity contribution is 7.12. The van der Waals surface area contributed by atoms with Gasteiger partial charge in [0.05, 0.1) is 10.7 Å². The van der Waals surface area contributed by atoms with Crippen molar-refractivity contribution in [2.75, 3.05) is 6.54 Å². The first-order chi connectivity index (χ1) is 8.61. The Morgan fingerprint density at radius 2 is 1.94 bits per heavy atom. The first-order valence-corrected chi connectivity index (χ1v) is 7.17. The fourth-order valence-electron chi connectivity index (χ4n) is 1.97. The van der Waals surface area contributed by atoms with E-state index in [0.717, 1.165) is 25.1 Å². The predicted octanol–water partition coefficient (Wildman–Crippen LogP) is 3.63. The molecule has 2 N–H and O–H groups in total. The second kappa shape index (κ2) is 5.63. The number of hydrogen-bond donors (Lipinski definition) is 1. The molecule has 0 spiro atoms. The number of thiazole rings is 1. The van der Waals surface area contributed by atoms with Gasteiger partial charge in [-0.15, -0.1) is 11.3 Å². The highest BCUT2D eigenvalue weighted by Crippen LogP contribution is 2.29. The Morgan fingerprint density at radius 3 is 2.61 bits per heavy atom. The van der Waals surface area contributed by atoms with Crippen molar-refractivity contribution < 1.29 is 0 Å². The molecule has 0 saturated carbocycles. The summed E-state index contributed by atoms with van der Waals surface area (Å²) in [5.74, 6) is 0. The van der Waals surface area contributed by atoms with Gasteiger partial charge in [-0.3, -0.25) is 0 Å². The van der Waals surface area contributed by atoms with Gasteiger partial charge in [0.1, 0.15) is 0 Å². The number of nitrogens with zero attached hydrogens (tertiary/aromatic N) is 1. The van der Waals surface area contributed by atoms with Gasteiger partial charge in [0.15, 0.2) is 0 Å². The lowest BCUT2D eigenvalue weighted by atomic mass is 10.0. The number of aromatic nitrogens is 1. The van der Waals surface area contributed by atoms with E-state index in [2.05, 4.69) is 39.0 Å². The van der Waals surface area contributed by atoms with Crippen LogP contribution in [0.5, 0.6) is 0 Å². The van der Waals surface area contributed by atoms with Crippen LogP contribution in [0.2, 0.25) is 0 Å². The number of aryl methyl sites for hydroxylation is 4. The molecule has 0 aliphatic rings. The van der Waals surface area contributed by atoms with E-state index >= 15 is 0 Å². The van der Waals surface area contributed by atoms with Gasteiger partial charge < -0.3 is 5.73 Å². The Labute approximate surface area is 113 Å². The molecular formula is C15H20N2S. The van der Waals surface area contributed by atoms with Gasteiger partial charge in [0, 0.05) is 16.9 Å². The SMILES string of the molecule is Cc1ccc(-c2nc(CCCN)sc2C)cc1C. The second-order valence-electron chi connectivity index (χ2n) is 4.70. The quantitative estimate of drug-likeness (QED) is 0.911. The molecule has 1 heterocycles. The average molecular weight is 260 g/mol. The third-order valence-electron chi connectivity index (χ3n) is 3.22. The van der Waals surface area contributed by atoms with Crippen LogP contribution in [0.25, 0.3) is 11.3 Å². The zero-order valence-corrected chi connectivity index (χ0v) is 12.1. The van der Waals surface area contributed by atoms with Crippen LogP contribution >= 0.6 is 11.3 Å². The number of rotatable bonds is 4. The lowest BCUT2D eigenvalue weighted by Gasteiger charge is -2.03. The molecule has 0 amide bonds. The van der Waals surface area contributed by atoms with Crippen LogP contribution in [0.4, 0.5) is 0 Å². The maximum absolute atomic E-state index is 5.55. The topological polar surface area (TPSA) is 38.9 Å². The number of nitrogens with two attached hydrogens (primary N) is 1. The molecule has 0 unspecified atom stereocenters. The monoisotopic (exact) mass is 260 g/mol. The van der Waals surface area contributed by atoms with Crippen LogP contribution in [-0.4, -0.2) is 11.5 Å². The average Bonchev–Trinajstić information content (AvgIpc) is 2.71. The minimum absolute atomic E-state index is 0.734. The Hall–Kier alpha value is -1.19. The van der Waals surface area contributed by atoms with Crippen molar-refractivity contribution in [2.24, 2.45) is 5.73 Å². The predicted molar refractivity (Wildman–Crippen MR) is 79.1 cm³/mol. The Balaban J connectivity index is 2.32.